The predicted molar refractivity (Wildman–Crippen MR) is 245 cm³/mol. The van der Waals surface area contributed by atoms with Gasteiger partial charge in [0.1, 0.15) is 5.82 Å². The molecular formula is C55H40N4. The molecule has 1 unspecified atom stereocenters. The van der Waals surface area contributed by atoms with Crippen LogP contribution in [0, 0.1) is 0 Å². The second-order valence-electron chi connectivity index (χ2n) is 14.7. The molecule has 0 spiro atoms. The Morgan fingerprint density at radius 1 is 0.407 bits per heavy atom. The molecule has 1 atom stereocenters. The number of hydrogen-bond acceptors (Lipinski definition) is 4. The van der Waals surface area contributed by atoms with Crippen LogP contribution in [0.3, 0.4) is 0 Å². The molecule has 0 bridgehead atoms. The lowest BCUT2D eigenvalue weighted by molar-refractivity contribution is 0.766. The van der Waals surface area contributed by atoms with Crippen molar-refractivity contribution in [2.24, 2.45) is 0 Å². The molecule has 59 heavy (non-hydrogen) atoms. The van der Waals surface area contributed by atoms with Gasteiger partial charge in [0.25, 0.3) is 0 Å². The van der Waals surface area contributed by atoms with Crippen molar-refractivity contribution in [3.8, 4) is 45.0 Å². The minimum absolute atomic E-state index is 0.0333. The van der Waals surface area contributed by atoms with E-state index in [-0.39, 0.29) is 5.92 Å². The molecule has 0 saturated carbocycles. The van der Waals surface area contributed by atoms with Crippen LogP contribution in [0.2, 0.25) is 0 Å². The summed E-state index contributed by atoms with van der Waals surface area (Å²) in [5.41, 5.74) is 12.0. The number of aromatic nitrogens is 3. The summed E-state index contributed by atoms with van der Waals surface area (Å²) in [5, 5.41) is 2.49. The molecule has 0 amide bonds. The second kappa shape index (κ2) is 16.0. The molecule has 8 aromatic carbocycles. The van der Waals surface area contributed by atoms with E-state index in [0.29, 0.717) is 11.6 Å². The zero-order valence-electron chi connectivity index (χ0n) is 32.4. The van der Waals surface area contributed by atoms with Gasteiger partial charge in [-0.05, 0) is 75.4 Å². The molecule has 0 fully saturated rings. The van der Waals surface area contributed by atoms with Crippen LogP contribution in [0.25, 0.3) is 61.4 Å². The fraction of sp³-hybridized carbons (Fsp3) is 0.0364. The van der Waals surface area contributed by atoms with Crippen molar-refractivity contribution in [2.75, 3.05) is 4.90 Å². The summed E-state index contributed by atoms with van der Waals surface area (Å²) in [6.07, 6.45) is 7.60. The summed E-state index contributed by atoms with van der Waals surface area (Å²) in [5.74, 6) is 1.98. The quantitative estimate of drug-likeness (QED) is 0.147. The third-order valence-corrected chi connectivity index (χ3v) is 11.1. The number of para-hydroxylation sites is 3. The Balaban J connectivity index is 1.11. The van der Waals surface area contributed by atoms with Crippen molar-refractivity contribution in [3.63, 3.8) is 0 Å². The molecule has 9 aromatic rings. The van der Waals surface area contributed by atoms with E-state index < -0.39 is 0 Å². The average molecular weight is 757 g/mol. The second-order valence-corrected chi connectivity index (χ2v) is 14.7. The lowest BCUT2D eigenvalue weighted by atomic mass is 9.90. The molecule has 0 saturated heterocycles. The lowest BCUT2D eigenvalue weighted by Crippen LogP contribution is -2.14. The molecule has 4 heteroatoms. The SMILES string of the molecule is C1=CC(c2nc(-c3ccc(-c4ccccc4)cc3)nc(-c3ccccc3N(c3ccccc3)c3ccccc3-c3ccccc3)n2)CC=C1c1cccc2ccccc12. The van der Waals surface area contributed by atoms with Crippen LogP contribution in [-0.2, 0) is 0 Å². The Morgan fingerprint density at radius 3 is 1.68 bits per heavy atom. The first kappa shape index (κ1) is 35.7. The van der Waals surface area contributed by atoms with E-state index in [4.69, 9.17) is 15.0 Å². The maximum absolute atomic E-state index is 5.35. The monoisotopic (exact) mass is 756 g/mol. The first-order valence-corrected chi connectivity index (χ1v) is 20.1. The third kappa shape index (κ3) is 7.24. The normalized spacial score (nSPS) is 13.6. The van der Waals surface area contributed by atoms with Crippen LogP contribution < -0.4 is 4.90 Å². The number of anilines is 3. The van der Waals surface area contributed by atoms with Gasteiger partial charge < -0.3 is 4.90 Å². The van der Waals surface area contributed by atoms with Gasteiger partial charge in [0.15, 0.2) is 11.6 Å². The largest absolute Gasteiger partial charge is 0.309 e. The first-order chi connectivity index (χ1) is 29.3. The Hall–Kier alpha value is -7.69. The molecule has 1 aromatic heterocycles. The van der Waals surface area contributed by atoms with Crippen molar-refractivity contribution < 1.29 is 0 Å². The van der Waals surface area contributed by atoms with Crippen molar-refractivity contribution in [3.05, 3.63) is 236 Å². The molecule has 0 aliphatic heterocycles. The third-order valence-electron chi connectivity index (χ3n) is 11.1. The van der Waals surface area contributed by atoms with E-state index >= 15 is 0 Å². The van der Waals surface area contributed by atoms with E-state index in [0.717, 1.165) is 57.1 Å². The van der Waals surface area contributed by atoms with Gasteiger partial charge in [-0.1, -0.05) is 194 Å². The van der Waals surface area contributed by atoms with Gasteiger partial charge in [-0.3, -0.25) is 0 Å². The smallest absolute Gasteiger partial charge is 0.165 e. The maximum atomic E-state index is 5.35. The van der Waals surface area contributed by atoms with Crippen LogP contribution in [0.1, 0.15) is 23.7 Å². The molecule has 1 aliphatic rings. The molecule has 4 nitrogen and oxygen atoms in total. The minimum atomic E-state index is -0.0333. The van der Waals surface area contributed by atoms with Crippen LogP contribution >= 0.6 is 0 Å². The highest BCUT2D eigenvalue weighted by molar-refractivity contribution is 5.96. The lowest BCUT2D eigenvalue weighted by Gasteiger charge is -2.29. The highest BCUT2D eigenvalue weighted by atomic mass is 15.2. The van der Waals surface area contributed by atoms with Gasteiger partial charge in [0, 0.05) is 28.3 Å². The Kier molecular flexibility index (Phi) is 9.71. The van der Waals surface area contributed by atoms with Crippen LogP contribution in [0.4, 0.5) is 17.1 Å². The summed E-state index contributed by atoms with van der Waals surface area (Å²) >= 11 is 0. The number of rotatable bonds is 9. The van der Waals surface area contributed by atoms with E-state index in [1.807, 2.05) is 6.07 Å². The van der Waals surface area contributed by atoms with Gasteiger partial charge in [-0.2, -0.15) is 0 Å². The van der Waals surface area contributed by atoms with Gasteiger partial charge in [0.05, 0.1) is 11.4 Å². The summed E-state index contributed by atoms with van der Waals surface area (Å²) in [6.45, 7) is 0. The van der Waals surface area contributed by atoms with Crippen molar-refractivity contribution in [1.82, 2.24) is 15.0 Å². The number of nitrogens with zero attached hydrogens (tertiary/aromatic N) is 4. The molecule has 0 N–H and O–H groups in total. The van der Waals surface area contributed by atoms with Crippen molar-refractivity contribution in [2.45, 2.75) is 12.3 Å². The van der Waals surface area contributed by atoms with Gasteiger partial charge >= 0.3 is 0 Å². The van der Waals surface area contributed by atoms with E-state index in [9.17, 15) is 0 Å². The van der Waals surface area contributed by atoms with Gasteiger partial charge in [0.2, 0.25) is 0 Å². The molecule has 280 valence electrons. The van der Waals surface area contributed by atoms with Gasteiger partial charge in [-0.15, -0.1) is 0 Å². The Labute approximate surface area is 345 Å². The van der Waals surface area contributed by atoms with Crippen LogP contribution in [-0.4, -0.2) is 15.0 Å². The molecule has 10 rings (SSSR count). The average Bonchev–Trinajstić information content (AvgIpc) is 3.33. The zero-order chi connectivity index (χ0) is 39.4. The Morgan fingerprint density at radius 2 is 0.949 bits per heavy atom. The standard InChI is InChI=1S/C55H40N4/c1-4-17-39(18-5-1)40-31-35-44(36-32-40)53-56-54(45-37-33-43(34-38-45)48-28-16-22-41-21-10-11-25-47(41)48)58-55(57-53)50-27-13-15-30-52(50)59(46-23-8-3-9-24-46)51-29-14-12-26-49(51)42-19-6-2-7-20-42/h1-37,45H,38H2. The highest BCUT2D eigenvalue weighted by Gasteiger charge is 2.24. The van der Waals surface area contributed by atoms with E-state index in [1.54, 1.807) is 0 Å². The summed E-state index contributed by atoms with van der Waals surface area (Å²) in [7, 11) is 0. The number of allylic oxidation sites excluding steroid dienone is 4. The summed E-state index contributed by atoms with van der Waals surface area (Å²) < 4.78 is 0. The Bertz CT molecular complexity index is 2950. The first-order valence-electron chi connectivity index (χ1n) is 20.1. The number of hydrogen-bond donors (Lipinski definition) is 0. The van der Waals surface area contributed by atoms with E-state index in [1.165, 1.54) is 27.5 Å². The molecular weight excluding hydrogens is 717 g/mol. The molecule has 1 aliphatic carbocycles. The number of benzene rings is 8. The van der Waals surface area contributed by atoms with E-state index in [2.05, 4.69) is 223 Å². The van der Waals surface area contributed by atoms with Crippen molar-refractivity contribution in [1.29, 1.82) is 0 Å². The fourth-order valence-electron chi connectivity index (χ4n) is 8.11. The fourth-order valence-corrected chi connectivity index (χ4v) is 8.11. The van der Waals surface area contributed by atoms with Gasteiger partial charge in [-0.25, -0.2) is 15.0 Å². The molecule has 1 heterocycles. The highest BCUT2D eigenvalue weighted by Crippen LogP contribution is 2.44. The predicted octanol–water partition coefficient (Wildman–Crippen LogP) is 14.3. The summed E-state index contributed by atoms with van der Waals surface area (Å²) in [6, 6.07) is 72.3. The topological polar surface area (TPSA) is 41.9 Å². The maximum Gasteiger partial charge on any atom is 0.165 e. The number of fused-ring (bicyclic) bond motifs is 1. The summed E-state index contributed by atoms with van der Waals surface area (Å²) in [4.78, 5) is 18.2. The molecule has 0 radical (unpaired) electrons. The minimum Gasteiger partial charge on any atom is -0.309 e. The zero-order valence-corrected chi connectivity index (χ0v) is 32.4. The van der Waals surface area contributed by atoms with Crippen molar-refractivity contribution >= 4 is 33.4 Å². The van der Waals surface area contributed by atoms with Crippen LogP contribution in [0.5, 0.6) is 0 Å². The van der Waals surface area contributed by atoms with Crippen LogP contribution in [0.15, 0.2) is 224 Å².